The van der Waals surface area contributed by atoms with E-state index in [-0.39, 0.29) is 34.7 Å². The third-order valence-corrected chi connectivity index (χ3v) is 18.5. The summed E-state index contributed by atoms with van der Waals surface area (Å²) in [7, 11) is 0. The number of fused-ring (bicyclic) bond motifs is 2. The maximum atomic E-state index is 13.2. The quantitative estimate of drug-likeness (QED) is 0.130. The normalized spacial score (nSPS) is 53.8. The van der Waals surface area contributed by atoms with E-state index in [9.17, 15) is 45.3 Å². The first kappa shape index (κ1) is 46.0. The highest BCUT2D eigenvalue weighted by Gasteiger charge is 2.86. The second-order valence-electron chi connectivity index (χ2n) is 22.2. The van der Waals surface area contributed by atoms with Gasteiger partial charge in [0, 0.05) is 19.3 Å². The van der Waals surface area contributed by atoms with Crippen LogP contribution >= 0.6 is 0 Å². The van der Waals surface area contributed by atoms with Crippen molar-refractivity contribution >= 4 is 11.9 Å². The van der Waals surface area contributed by atoms with E-state index < -0.39 is 120 Å². The van der Waals surface area contributed by atoms with Crippen LogP contribution in [0.2, 0.25) is 0 Å². The molecule has 5 aliphatic carbocycles. The van der Waals surface area contributed by atoms with Gasteiger partial charge in [-0.15, -0.1) is 0 Å². The molecule has 3 heterocycles. The van der Waals surface area contributed by atoms with Gasteiger partial charge in [-0.05, 0) is 118 Å². The van der Waals surface area contributed by atoms with Gasteiger partial charge in [-0.1, -0.05) is 27.7 Å². The number of ether oxygens (including phenoxy) is 7. The summed E-state index contributed by atoms with van der Waals surface area (Å²) in [6.45, 7) is 15.9. The lowest BCUT2D eigenvalue weighted by molar-refractivity contribution is -0.340. The summed E-state index contributed by atoms with van der Waals surface area (Å²) in [5, 5.41) is 78.0. The zero-order valence-electron chi connectivity index (χ0n) is 37.4. The lowest BCUT2D eigenvalue weighted by Gasteiger charge is -2.66. The number of carbonyl (C=O) groups is 2. The smallest absolute Gasteiger partial charge is 0.303 e. The van der Waals surface area contributed by atoms with Gasteiger partial charge in [-0.25, -0.2) is 0 Å². The Balaban J connectivity index is 1.15. The molecule has 16 nitrogen and oxygen atoms in total. The van der Waals surface area contributed by atoms with Crippen molar-refractivity contribution in [3.8, 4) is 0 Å². The molecule has 61 heavy (non-hydrogen) atoms. The van der Waals surface area contributed by atoms with Gasteiger partial charge in [0.1, 0.15) is 30.5 Å². The summed E-state index contributed by atoms with van der Waals surface area (Å²) in [6.07, 6.45) is -6.83. The van der Waals surface area contributed by atoms with Gasteiger partial charge < -0.3 is 68.9 Å². The first-order valence-electron chi connectivity index (χ1n) is 22.6. The van der Waals surface area contributed by atoms with Crippen LogP contribution in [0.4, 0.5) is 0 Å². The minimum Gasteiger partial charge on any atom is -0.455 e. The zero-order valence-corrected chi connectivity index (χ0v) is 37.4. The lowest BCUT2D eigenvalue weighted by atomic mass is 9.40. The van der Waals surface area contributed by atoms with Crippen molar-refractivity contribution < 1.29 is 78.5 Å². The van der Waals surface area contributed by atoms with Crippen LogP contribution < -0.4 is 0 Å². The number of rotatable bonds is 9. The maximum absolute atomic E-state index is 13.2. The Hall–Kier alpha value is -1.54. The standard InChI is InChI=1S/C45H72O16/c1-22(47)56-33-24(49)20-55-37(34(33)57-23(2)48)60-28-11-13-44-21-43(44)16-15-41(8)40(7,14-17-45(41,54)42(9)12-10-29(61-42)39(5,6)53)27(43)18-25(35(44)38(28,3)4)58-36-32(52)31(51)30(50)26(19-46)59-36/h24-37,46,49-54H,10-21H2,1-9H3. The molecule has 0 aromatic rings. The fourth-order valence-corrected chi connectivity index (χ4v) is 15.3. The molecule has 348 valence electrons. The second-order valence-corrected chi connectivity index (χ2v) is 22.2. The van der Waals surface area contributed by atoms with Crippen LogP contribution in [-0.2, 0) is 42.7 Å². The van der Waals surface area contributed by atoms with E-state index in [1.54, 1.807) is 13.8 Å². The minimum atomic E-state index is -1.63. The largest absolute Gasteiger partial charge is 0.455 e. The summed E-state index contributed by atoms with van der Waals surface area (Å²) in [5.41, 5.74) is -5.16. The molecule has 2 spiro atoms. The molecule has 8 fully saturated rings. The molecule has 0 aromatic heterocycles. The minimum absolute atomic E-state index is 0.0586. The van der Waals surface area contributed by atoms with E-state index in [1.807, 2.05) is 6.92 Å². The van der Waals surface area contributed by atoms with Crippen molar-refractivity contribution in [2.24, 2.45) is 38.9 Å². The Labute approximate surface area is 358 Å². The number of hydrogen-bond donors (Lipinski definition) is 7. The van der Waals surface area contributed by atoms with Crippen molar-refractivity contribution in [2.45, 2.75) is 217 Å². The Morgan fingerprint density at radius 3 is 2.08 bits per heavy atom. The van der Waals surface area contributed by atoms with Crippen molar-refractivity contribution in [3.63, 3.8) is 0 Å². The monoisotopic (exact) mass is 868 g/mol. The SMILES string of the molecule is CC(=O)OC1C(O)COC(OC2CCC34CC35CCC3(C)C(C)(CCC3(O)C3(C)CCC(C(C)(C)O)O3)C5CC(OC3OC(CO)C(O)C(O)C3O)C4C2(C)C)C1OC(C)=O. The molecule has 0 amide bonds. The summed E-state index contributed by atoms with van der Waals surface area (Å²) in [4.78, 5) is 24.5. The molecule has 3 saturated heterocycles. The number of esters is 2. The third kappa shape index (κ3) is 6.57. The molecular weight excluding hydrogens is 796 g/mol. The summed E-state index contributed by atoms with van der Waals surface area (Å²) < 4.78 is 43.6. The number of aliphatic hydroxyl groups is 7. The molecule has 20 atom stereocenters. The van der Waals surface area contributed by atoms with Crippen molar-refractivity contribution in [3.05, 3.63) is 0 Å². The van der Waals surface area contributed by atoms with E-state index in [1.165, 1.54) is 13.8 Å². The maximum Gasteiger partial charge on any atom is 0.303 e. The van der Waals surface area contributed by atoms with Crippen LogP contribution in [0, 0.1) is 38.9 Å². The van der Waals surface area contributed by atoms with Crippen molar-refractivity contribution in [1.29, 1.82) is 0 Å². The van der Waals surface area contributed by atoms with E-state index in [4.69, 9.17) is 33.2 Å². The summed E-state index contributed by atoms with van der Waals surface area (Å²) in [6, 6.07) is 0. The zero-order chi connectivity index (χ0) is 44.7. The number of carbonyl (C=O) groups excluding carboxylic acids is 2. The fraction of sp³-hybridized carbons (Fsp3) is 0.956. The summed E-state index contributed by atoms with van der Waals surface area (Å²) >= 11 is 0. The molecule has 0 bridgehead atoms. The summed E-state index contributed by atoms with van der Waals surface area (Å²) in [5.74, 6) is -1.48. The molecule has 8 aliphatic rings. The van der Waals surface area contributed by atoms with Crippen LogP contribution in [0.3, 0.4) is 0 Å². The Bertz CT molecular complexity index is 1700. The Morgan fingerprint density at radius 2 is 1.46 bits per heavy atom. The van der Waals surface area contributed by atoms with Gasteiger partial charge in [0.05, 0.1) is 48.3 Å². The lowest BCUT2D eigenvalue weighted by Crippen LogP contribution is -2.68. The molecular formula is C45H72O16. The Kier molecular flexibility index (Phi) is 11.3. The molecule has 0 aromatic carbocycles. The van der Waals surface area contributed by atoms with Gasteiger partial charge in [-0.2, -0.15) is 0 Å². The predicted molar refractivity (Wildman–Crippen MR) is 213 cm³/mol. The number of aliphatic hydroxyl groups excluding tert-OH is 5. The van der Waals surface area contributed by atoms with Crippen molar-refractivity contribution in [2.75, 3.05) is 13.2 Å². The van der Waals surface area contributed by atoms with Crippen LogP contribution in [0.1, 0.15) is 127 Å². The van der Waals surface area contributed by atoms with Crippen LogP contribution in [0.25, 0.3) is 0 Å². The molecule has 16 heteroatoms. The van der Waals surface area contributed by atoms with Gasteiger partial charge in [-0.3, -0.25) is 9.59 Å². The topological polar surface area (TPSA) is 240 Å². The van der Waals surface area contributed by atoms with E-state index in [0.29, 0.717) is 32.1 Å². The van der Waals surface area contributed by atoms with Crippen LogP contribution in [0.15, 0.2) is 0 Å². The van der Waals surface area contributed by atoms with Crippen LogP contribution in [-0.4, -0.2) is 151 Å². The van der Waals surface area contributed by atoms with Gasteiger partial charge in [0.2, 0.25) is 0 Å². The predicted octanol–water partition coefficient (Wildman–Crippen LogP) is 2.01. The van der Waals surface area contributed by atoms with Gasteiger partial charge in [0.15, 0.2) is 24.8 Å². The average Bonchev–Trinajstić information content (AvgIpc) is 3.52. The average molecular weight is 869 g/mol. The van der Waals surface area contributed by atoms with Crippen molar-refractivity contribution in [1.82, 2.24) is 0 Å². The van der Waals surface area contributed by atoms with E-state index >= 15 is 0 Å². The molecule has 5 saturated carbocycles. The van der Waals surface area contributed by atoms with Gasteiger partial charge >= 0.3 is 11.9 Å². The highest BCUT2D eigenvalue weighted by atomic mass is 16.7. The third-order valence-electron chi connectivity index (χ3n) is 18.5. The van der Waals surface area contributed by atoms with E-state index in [0.717, 1.165) is 32.1 Å². The fourth-order valence-electron chi connectivity index (χ4n) is 15.3. The number of hydrogen-bond acceptors (Lipinski definition) is 16. The van der Waals surface area contributed by atoms with Crippen LogP contribution in [0.5, 0.6) is 0 Å². The molecule has 20 unspecified atom stereocenters. The molecule has 3 aliphatic heterocycles. The first-order valence-corrected chi connectivity index (χ1v) is 22.6. The molecule has 7 N–H and O–H groups in total. The molecule has 0 radical (unpaired) electrons. The van der Waals surface area contributed by atoms with Gasteiger partial charge in [0.25, 0.3) is 0 Å². The first-order chi connectivity index (χ1) is 28.3. The Morgan fingerprint density at radius 1 is 0.787 bits per heavy atom. The second kappa shape index (κ2) is 15.0. The molecule has 8 rings (SSSR count). The van der Waals surface area contributed by atoms with E-state index in [2.05, 4.69) is 27.7 Å². The highest BCUT2D eigenvalue weighted by Crippen LogP contribution is 2.90. The highest BCUT2D eigenvalue weighted by molar-refractivity contribution is 5.67.